The molecule has 1 aromatic carbocycles. The van der Waals surface area contributed by atoms with Crippen LogP contribution in [0.25, 0.3) is 11.1 Å². The second-order valence-electron chi connectivity index (χ2n) is 3.89. The summed E-state index contributed by atoms with van der Waals surface area (Å²) in [4.78, 5) is 8.55. The Morgan fingerprint density at radius 3 is 2.90 bits per heavy atom. The van der Waals surface area contributed by atoms with Gasteiger partial charge >= 0.3 is 0 Å². The number of para-hydroxylation sites is 2. The van der Waals surface area contributed by atoms with Crippen LogP contribution >= 0.6 is 11.8 Å². The van der Waals surface area contributed by atoms with Crippen molar-refractivity contribution in [1.29, 1.82) is 0 Å². The number of hydrogen-bond donors (Lipinski definition) is 2. The Morgan fingerprint density at radius 2 is 2.10 bits per heavy atom. The molecule has 0 atom stereocenters. The fourth-order valence-electron chi connectivity index (χ4n) is 1.70. The maximum Gasteiger partial charge on any atom is 0.263 e. The number of nitrogens with zero attached hydrogens (tertiary/aromatic N) is 3. The number of amidine groups is 1. The van der Waals surface area contributed by atoms with E-state index in [0.717, 1.165) is 5.52 Å². The van der Waals surface area contributed by atoms with E-state index in [-0.39, 0.29) is 5.84 Å². The summed E-state index contributed by atoms with van der Waals surface area (Å²) in [6.07, 6.45) is 1.62. The van der Waals surface area contributed by atoms with E-state index >= 15 is 0 Å². The summed E-state index contributed by atoms with van der Waals surface area (Å²) in [6, 6.07) is 10.9. The lowest BCUT2D eigenvalue weighted by Crippen LogP contribution is -2.14. The summed E-state index contributed by atoms with van der Waals surface area (Å²) in [5.74, 6) is -0.00305. The van der Waals surface area contributed by atoms with Gasteiger partial charge in [-0.3, -0.25) is 0 Å². The van der Waals surface area contributed by atoms with E-state index in [9.17, 15) is 0 Å². The molecule has 6 nitrogen and oxygen atoms in total. The second kappa shape index (κ2) is 5.22. The molecular weight excluding hydrogens is 276 g/mol. The van der Waals surface area contributed by atoms with Gasteiger partial charge in [-0.25, -0.2) is 9.97 Å². The smallest absolute Gasteiger partial charge is 0.263 e. The van der Waals surface area contributed by atoms with Crippen molar-refractivity contribution < 1.29 is 9.62 Å². The first-order valence-electron chi connectivity index (χ1n) is 5.74. The van der Waals surface area contributed by atoms with Crippen LogP contribution in [0.3, 0.4) is 0 Å². The molecule has 3 rings (SSSR count). The fraction of sp³-hybridized carbons (Fsp3) is 0. The molecule has 0 bridgehead atoms. The standard InChI is InChI=1S/C13H10N4O2S/c14-11(17-18)8-4-3-7-15-12(8)20-13-16-9-5-1-2-6-10(9)19-13/h1-7,18H,(H2,14,17). The molecule has 7 heteroatoms. The highest BCUT2D eigenvalue weighted by Gasteiger charge is 2.13. The minimum atomic E-state index is -0.00305. The van der Waals surface area contributed by atoms with Crippen molar-refractivity contribution in [3.63, 3.8) is 0 Å². The third-order valence-corrected chi connectivity index (χ3v) is 3.48. The maximum atomic E-state index is 8.78. The molecule has 0 saturated carbocycles. The summed E-state index contributed by atoms with van der Waals surface area (Å²) >= 11 is 1.22. The number of pyridine rings is 1. The molecule has 0 fully saturated rings. The van der Waals surface area contributed by atoms with E-state index in [1.165, 1.54) is 11.8 Å². The lowest BCUT2D eigenvalue weighted by atomic mass is 10.3. The lowest BCUT2D eigenvalue weighted by molar-refractivity contribution is 0.318. The fourth-order valence-corrected chi connectivity index (χ4v) is 2.54. The second-order valence-corrected chi connectivity index (χ2v) is 4.83. The van der Waals surface area contributed by atoms with Crippen LogP contribution in [0.4, 0.5) is 0 Å². The van der Waals surface area contributed by atoms with E-state index in [1.807, 2.05) is 24.3 Å². The molecule has 0 amide bonds. The Bertz CT molecular complexity index is 752. The van der Waals surface area contributed by atoms with Gasteiger partial charge in [-0.2, -0.15) is 0 Å². The van der Waals surface area contributed by atoms with Crippen LogP contribution < -0.4 is 5.73 Å². The molecule has 2 heterocycles. The van der Waals surface area contributed by atoms with E-state index in [0.29, 0.717) is 21.4 Å². The number of nitrogens with two attached hydrogens (primary N) is 1. The summed E-state index contributed by atoms with van der Waals surface area (Å²) in [7, 11) is 0. The van der Waals surface area contributed by atoms with Gasteiger partial charge in [0.2, 0.25) is 0 Å². The number of oxime groups is 1. The molecule has 3 N–H and O–H groups in total. The normalized spacial score (nSPS) is 11.9. The minimum Gasteiger partial charge on any atom is -0.431 e. The first kappa shape index (κ1) is 12.5. The zero-order valence-corrected chi connectivity index (χ0v) is 11.0. The van der Waals surface area contributed by atoms with Crippen molar-refractivity contribution in [2.24, 2.45) is 10.9 Å². The number of oxazole rings is 1. The summed E-state index contributed by atoms with van der Waals surface area (Å²) in [5, 5.41) is 12.8. The van der Waals surface area contributed by atoms with Crippen LogP contribution in [-0.4, -0.2) is 21.0 Å². The summed E-state index contributed by atoms with van der Waals surface area (Å²) in [6.45, 7) is 0. The van der Waals surface area contributed by atoms with Gasteiger partial charge in [0.15, 0.2) is 11.4 Å². The van der Waals surface area contributed by atoms with Crippen LogP contribution in [0.2, 0.25) is 0 Å². The van der Waals surface area contributed by atoms with Crippen molar-refractivity contribution in [3.8, 4) is 0 Å². The van der Waals surface area contributed by atoms with Gasteiger partial charge in [-0.1, -0.05) is 17.3 Å². The Hall–Kier alpha value is -2.54. The van der Waals surface area contributed by atoms with Gasteiger partial charge in [0.25, 0.3) is 5.22 Å². The number of rotatable bonds is 3. The van der Waals surface area contributed by atoms with Gasteiger partial charge in [-0.05, 0) is 36.0 Å². The highest BCUT2D eigenvalue weighted by molar-refractivity contribution is 7.99. The lowest BCUT2D eigenvalue weighted by Gasteiger charge is -2.03. The van der Waals surface area contributed by atoms with E-state index < -0.39 is 0 Å². The van der Waals surface area contributed by atoms with E-state index in [4.69, 9.17) is 15.4 Å². The molecule has 3 aromatic rings. The van der Waals surface area contributed by atoms with Gasteiger partial charge < -0.3 is 15.4 Å². The van der Waals surface area contributed by atoms with Gasteiger partial charge in [0.05, 0.1) is 5.56 Å². The number of aromatic nitrogens is 2. The third kappa shape index (κ3) is 2.30. The molecule has 100 valence electrons. The average Bonchev–Trinajstić information content (AvgIpc) is 2.89. The number of fused-ring (bicyclic) bond motifs is 1. The molecule has 0 unspecified atom stereocenters. The molecule has 0 spiro atoms. The molecule has 0 saturated heterocycles. The summed E-state index contributed by atoms with van der Waals surface area (Å²) in [5.41, 5.74) is 7.63. The number of benzene rings is 1. The van der Waals surface area contributed by atoms with Crippen molar-refractivity contribution in [2.75, 3.05) is 0 Å². The predicted octanol–water partition coefficient (Wildman–Crippen LogP) is 2.47. The zero-order valence-electron chi connectivity index (χ0n) is 10.2. The first-order valence-corrected chi connectivity index (χ1v) is 6.56. The minimum absolute atomic E-state index is 0.00305. The van der Waals surface area contributed by atoms with Crippen molar-refractivity contribution in [2.45, 2.75) is 10.2 Å². The monoisotopic (exact) mass is 286 g/mol. The van der Waals surface area contributed by atoms with Crippen molar-refractivity contribution in [1.82, 2.24) is 9.97 Å². The molecule has 0 aliphatic heterocycles. The molecule has 0 radical (unpaired) electrons. The van der Waals surface area contributed by atoms with E-state index in [2.05, 4.69) is 15.1 Å². The van der Waals surface area contributed by atoms with Gasteiger partial charge in [0, 0.05) is 6.20 Å². The molecule has 0 aliphatic rings. The Balaban J connectivity index is 1.99. The van der Waals surface area contributed by atoms with Crippen LogP contribution in [0.1, 0.15) is 5.56 Å². The van der Waals surface area contributed by atoms with Crippen molar-refractivity contribution in [3.05, 3.63) is 48.2 Å². The summed E-state index contributed by atoms with van der Waals surface area (Å²) < 4.78 is 5.61. The quantitative estimate of drug-likeness (QED) is 0.332. The maximum absolute atomic E-state index is 8.78. The molecular formula is C13H10N4O2S. The predicted molar refractivity (Wildman–Crippen MR) is 74.9 cm³/mol. The van der Waals surface area contributed by atoms with Crippen LogP contribution in [0.5, 0.6) is 0 Å². The highest BCUT2D eigenvalue weighted by Crippen LogP contribution is 2.30. The largest absolute Gasteiger partial charge is 0.431 e. The van der Waals surface area contributed by atoms with Gasteiger partial charge in [-0.15, -0.1) is 0 Å². The highest BCUT2D eigenvalue weighted by atomic mass is 32.2. The van der Waals surface area contributed by atoms with E-state index in [1.54, 1.807) is 18.3 Å². The molecule has 0 aliphatic carbocycles. The Morgan fingerprint density at radius 1 is 1.25 bits per heavy atom. The average molecular weight is 286 g/mol. The topological polar surface area (TPSA) is 97.5 Å². The van der Waals surface area contributed by atoms with Crippen molar-refractivity contribution >= 4 is 28.7 Å². The SMILES string of the molecule is N/C(=N\O)c1cccnc1Sc1nc2ccccc2o1. The van der Waals surface area contributed by atoms with Crippen LogP contribution in [0, 0.1) is 0 Å². The first-order chi connectivity index (χ1) is 9.78. The van der Waals surface area contributed by atoms with Crippen LogP contribution in [0.15, 0.2) is 62.4 Å². The molecule has 20 heavy (non-hydrogen) atoms. The molecule has 2 aromatic heterocycles. The van der Waals surface area contributed by atoms with Gasteiger partial charge in [0.1, 0.15) is 10.5 Å². The Labute approximate surface area is 118 Å². The van der Waals surface area contributed by atoms with Crippen LogP contribution in [-0.2, 0) is 0 Å². The Kier molecular flexibility index (Phi) is 3.26. The number of hydrogen-bond acceptors (Lipinski definition) is 6. The zero-order chi connectivity index (χ0) is 13.9. The third-order valence-electron chi connectivity index (χ3n) is 2.61.